The molecule has 0 aromatic carbocycles. The quantitative estimate of drug-likeness (QED) is 0.672. The number of amides is 2. The Morgan fingerprint density at radius 1 is 1.28 bits per heavy atom. The normalized spacial score (nSPS) is 16.6. The van der Waals surface area contributed by atoms with Gasteiger partial charge in [0.1, 0.15) is 11.4 Å². The van der Waals surface area contributed by atoms with Crippen LogP contribution in [0.25, 0.3) is 11.0 Å². The van der Waals surface area contributed by atoms with Crippen molar-refractivity contribution < 1.29 is 14.0 Å². The fourth-order valence-electron chi connectivity index (χ4n) is 3.47. The highest BCUT2D eigenvalue weighted by molar-refractivity contribution is 5.98. The van der Waals surface area contributed by atoms with E-state index in [1.807, 2.05) is 0 Å². The largest absolute Gasteiger partial charge is 0.467 e. The highest BCUT2D eigenvalue weighted by Gasteiger charge is 2.34. The number of aromatic nitrogens is 3. The van der Waals surface area contributed by atoms with Gasteiger partial charge in [-0.05, 0) is 18.2 Å². The van der Waals surface area contributed by atoms with Crippen molar-refractivity contribution in [3.8, 4) is 0 Å². The molecule has 1 aliphatic heterocycles. The number of hydrogen-bond donors (Lipinski definition) is 1. The number of carbonyl (C=O) groups is 2. The van der Waals surface area contributed by atoms with Crippen molar-refractivity contribution >= 4 is 28.5 Å². The monoisotopic (exact) mass is 397 g/mol. The average molecular weight is 397 g/mol. The number of nitrogens with zero attached hydrogens (tertiary/aromatic N) is 4. The zero-order chi connectivity index (χ0) is 20.7. The van der Waals surface area contributed by atoms with Crippen LogP contribution < -0.4 is 16.6 Å². The van der Waals surface area contributed by atoms with Gasteiger partial charge in [-0.15, -0.1) is 0 Å². The summed E-state index contributed by atoms with van der Waals surface area (Å²) in [6, 6.07) is 5.00. The third-order valence-corrected chi connectivity index (χ3v) is 5.07. The summed E-state index contributed by atoms with van der Waals surface area (Å²) >= 11 is 0. The van der Waals surface area contributed by atoms with Crippen LogP contribution in [0.1, 0.15) is 12.2 Å². The number of nitrogens with one attached hydrogen (secondary N) is 1. The van der Waals surface area contributed by atoms with Gasteiger partial charge in [0.2, 0.25) is 11.8 Å². The van der Waals surface area contributed by atoms with Crippen LogP contribution in [0, 0.1) is 5.92 Å². The van der Waals surface area contributed by atoms with Crippen molar-refractivity contribution in [2.45, 2.75) is 13.0 Å². The van der Waals surface area contributed by atoms with Crippen molar-refractivity contribution in [2.24, 2.45) is 20.0 Å². The summed E-state index contributed by atoms with van der Waals surface area (Å²) in [6.07, 6.45) is 3.02. The predicted molar refractivity (Wildman–Crippen MR) is 103 cm³/mol. The SMILES string of the molecule is Cn1c(=O)c2cc(NC(=O)C3CC(=O)N(Cc4ccco4)C3)cnc2n(C)c1=O. The fourth-order valence-corrected chi connectivity index (χ4v) is 3.47. The first kappa shape index (κ1) is 18.7. The number of furan rings is 1. The van der Waals surface area contributed by atoms with Crippen LogP contribution in [0.5, 0.6) is 0 Å². The number of carbonyl (C=O) groups excluding carboxylic acids is 2. The maximum atomic E-state index is 12.6. The van der Waals surface area contributed by atoms with Gasteiger partial charge in [-0.2, -0.15) is 0 Å². The maximum absolute atomic E-state index is 12.6. The first-order valence-electron chi connectivity index (χ1n) is 9.02. The lowest BCUT2D eigenvalue weighted by molar-refractivity contribution is -0.128. The molecule has 1 unspecified atom stereocenters. The first-order valence-corrected chi connectivity index (χ1v) is 9.02. The summed E-state index contributed by atoms with van der Waals surface area (Å²) in [6.45, 7) is 0.597. The van der Waals surface area contributed by atoms with Crippen LogP contribution >= 0.6 is 0 Å². The molecule has 2 amide bonds. The van der Waals surface area contributed by atoms with Crippen molar-refractivity contribution in [1.82, 2.24) is 19.0 Å². The smallest absolute Gasteiger partial charge is 0.332 e. The lowest BCUT2D eigenvalue weighted by Crippen LogP contribution is -2.37. The van der Waals surface area contributed by atoms with E-state index in [1.165, 1.54) is 37.2 Å². The molecule has 3 aromatic heterocycles. The summed E-state index contributed by atoms with van der Waals surface area (Å²) in [7, 11) is 2.90. The van der Waals surface area contributed by atoms with E-state index >= 15 is 0 Å². The lowest BCUT2D eigenvalue weighted by Gasteiger charge is -2.15. The van der Waals surface area contributed by atoms with Gasteiger partial charge in [-0.25, -0.2) is 9.78 Å². The van der Waals surface area contributed by atoms with Gasteiger partial charge in [0.05, 0.1) is 36.0 Å². The van der Waals surface area contributed by atoms with Gasteiger partial charge >= 0.3 is 5.69 Å². The predicted octanol–water partition coefficient (Wildman–Crippen LogP) is 0.212. The summed E-state index contributed by atoms with van der Waals surface area (Å²) in [5.74, 6) is -0.319. The Morgan fingerprint density at radius 2 is 2.07 bits per heavy atom. The van der Waals surface area contributed by atoms with Gasteiger partial charge in [-0.1, -0.05) is 0 Å². The molecule has 4 rings (SSSR count). The van der Waals surface area contributed by atoms with Gasteiger partial charge in [0, 0.05) is 27.1 Å². The second-order valence-corrected chi connectivity index (χ2v) is 7.04. The van der Waals surface area contributed by atoms with Crippen LogP contribution in [0.4, 0.5) is 5.69 Å². The number of likely N-dealkylation sites (tertiary alicyclic amines) is 1. The lowest BCUT2D eigenvalue weighted by atomic mass is 10.1. The molecule has 0 radical (unpaired) electrons. The Hall–Kier alpha value is -3.69. The highest BCUT2D eigenvalue weighted by Crippen LogP contribution is 2.22. The molecule has 4 heterocycles. The van der Waals surface area contributed by atoms with Crippen molar-refractivity contribution in [2.75, 3.05) is 11.9 Å². The standard InChI is InChI=1S/C19H19N5O5/c1-22-16-14(18(27)23(2)19(22)28)7-12(8-20-16)21-17(26)11-6-15(25)24(9-11)10-13-4-3-5-29-13/h3-5,7-8,11H,6,9-10H2,1-2H3,(H,21,26). The topological polar surface area (TPSA) is 119 Å². The molecule has 10 nitrogen and oxygen atoms in total. The molecular formula is C19H19N5O5. The molecule has 0 bridgehead atoms. The minimum Gasteiger partial charge on any atom is -0.467 e. The van der Waals surface area contributed by atoms with Crippen LogP contribution in [-0.4, -0.2) is 37.4 Å². The zero-order valence-corrected chi connectivity index (χ0v) is 15.9. The van der Waals surface area contributed by atoms with Crippen molar-refractivity contribution in [1.29, 1.82) is 0 Å². The minimum absolute atomic E-state index is 0.101. The van der Waals surface area contributed by atoms with E-state index in [1.54, 1.807) is 17.0 Å². The molecule has 10 heteroatoms. The Bertz CT molecular complexity index is 1220. The number of pyridine rings is 1. The van der Waals surface area contributed by atoms with E-state index in [9.17, 15) is 19.2 Å². The fraction of sp³-hybridized carbons (Fsp3) is 0.316. The summed E-state index contributed by atoms with van der Waals surface area (Å²) in [4.78, 5) is 54.9. The van der Waals surface area contributed by atoms with Crippen molar-refractivity contribution in [3.63, 3.8) is 0 Å². The zero-order valence-electron chi connectivity index (χ0n) is 15.9. The van der Waals surface area contributed by atoms with Gasteiger partial charge in [-0.3, -0.25) is 23.5 Å². The molecule has 1 fully saturated rings. The molecular weight excluding hydrogens is 378 g/mol. The Labute approximate surface area is 164 Å². The Kier molecular flexibility index (Phi) is 4.53. The van der Waals surface area contributed by atoms with E-state index in [4.69, 9.17) is 4.42 Å². The third kappa shape index (κ3) is 3.33. The van der Waals surface area contributed by atoms with Crippen LogP contribution in [-0.2, 0) is 30.2 Å². The van der Waals surface area contributed by atoms with Gasteiger partial charge in [0.25, 0.3) is 5.56 Å². The molecule has 29 heavy (non-hydrogen) atoms. The first-order chi connectivity index (χ1) is 13.8. The van der Waals surface area contributed by atoms with Crippen LogP contribution in [0.3, 0.4) is 0 Å². The molecule has 0 saturated carbocycles. The second kappa shape index (κ2) is 7.04. The van der Waals surface area contributed by atoms with Crippen LogP contribution in [0.15, 0.2) is 44.7 Å². The molecule has 150 valence electrons. The Morgan fingerprint density at radius 3 is 2.79 bits per heavy atom. The van der Waals surface area contributed by atoms with Crippen LogP contribution in [0.2, 0.25) is 0 Å². The molecule has 1 atom stereocenters. The molecule has 1 saturated heterocycles. The Balaban J connectivity index is 1.53. The average Bonchev–Trinajstić information content (AvgIpc) is 3.35. The number of hydrogen-bond acceptors (Lipinski definition) is 6. The summed E-state index contributed by atoms with van der Waals surface area (Å²) in [5.41, 5.74) is -0.410. The molecule has 0 aliphatic carbocycles. The number of rotatable bonds is 4. The minimum atomic E-state index is -0.517. The van der Waals surface area contributed by atoms with Crippen molar-refractivity contribution in [3.05, 3.63) is 57.3 Å². The summed E-state index contributed by atoms with van der Waals surface area (Å²) in [5, 5.41) is 2.93. The van der Waals surface area contributed by atoms with Gasteiger partial charge in [0.15, 0.2) is 0 Å². The maximum Gasteiger partial charge on any atom is 0.332 e. The third-order valence-electron chi connectivity index (χ3n) is 5.07. The molecule has 3 aromatic rings. The van der Waals surface area contributed by atoms with E-state index in [2.05, 4.69) is 10.3 Å². The molecule has 0 spiro atoms. The number of fused-ring (bicyclic) bond motifs is 1. The molecule has 1 N–H and O–H groups in total. The van der Waals surface area contributed by atoms with Gasteiger partial charge < -0.3 is 14.6 Å². The number of anilines is 1. The van der Waals surface area contributed by atoms with E-state index < -0.39 is 17.2 Å². The van der Waals surface area contributed by atoms with E-state index in [-0.39, 0.29) is 35.8 Å². The summed E-state index contributed by atoms with van der Waals surface area (Å²) < 4.78 is 7.51. The molecule has 1 aliphatic rings. The number of aryl methyl sites for hydroxylation is 1. The second-order valence-electron chi connectivity index (χ2n) is 7.04. The highest BCUT2D eigenvalue weighted by atomic mass is 16.3. The van der Waals surface area contributed by atoms with E-state index in [0.29, 0.717) is 18.0 Å². The van der Waals surface area contributed by atoms with E-state index in [0.717, 1.165) is 4.57 Å².